The van der Waals surface area contributed by atoms with Crippen LogP contribution in [0.15, 0.2) is 15.9 Å². The maximum Gasteiger partial charge on any atom is 0.350 e. The second-order valence-electron chi connectivity index (χ2n) is 3.59. The molecule has 1 aromatic rings. The van der Waals surface area contributed by atoms with Gasteiger partial charge in [-0.15, -0.1) is 0 Å². The molecule has 102 valence electrons. The molecule has 2 N–H and O–H groups in total. The molecule has 0 fully saturated rings. The van der Waals surface area contributed by atoms with Crippen molar-refractivity contribution >= 4 is 25.6 Å². The molecule has 0 unspecified atom stereocenters. The van der Waals surface area contributed by atoms with Crippen molar-refractivity contribution in [3.05, 3.63) is 23.8 Å². The van der Waals surface area contributed by atoms with E-state index in [1.54, 1.807) is 4.72 Å². The molecule has 0 aromatic heterocycles. The Kier molecular flexibility index (Phi) is 3.81. The Hall–Kier alpha value is -1.42. The molecule has 0 aliphatic heterocycles. The third kappa shape index (κ3) is 3.81. The number of phenols is 1. The van der Waals surface area contributed by atoms with Crippen LogP contribution in [0.4, 0.5) is 14.5 Å². The number of nitrogens with zero attached hydrogens (tertiary/aromatic N) is 1. The quantitative estimate of drug-likeness (QED) is 0.872. The molecule has 18 heavy (non-hydrogen) atoms. The van der Waals surface area contributed by atoms with Gasteiger partial charge < -0.3 is 5.11 Å². The van der Waals surface area contributed by atoms with Crippen LogP contribution >= 0.6 is 0 Å². The van der Waals surface area contributed by atoms with Crippen molar-refractivity contribution in [1.29, 1.82) is 0 Å². The molecular weight excluding hydrogens is 290 g/mol. The first-order chi connectivity index (χ1) is 8.02. The molecule has 0 saturated carbocycles. The minimum Gasteiger partial charge on any atom is -0.503 e. The molecule has 0 bridgehead atoms. The highest BCUT2D eigenvalue weighted by Crippen LogP contribution is 2.27. The average molecular weight is 300 g/mol. The largest absolute Gasteiger partial charge is 0.503 e. The number of phenolic OH excluding ortho intramolecular Hbond substituents is 1. The topological polar surface area (TPSA) is 95.8 Å². The summed E-state index contributed by atoms with van der Waals surface area (Å²) >= 11 is 0. The molecule has 0 saturated heterocycles. The van der Waals surface area contributed by atoms with Crippen molar-refractivity contribution in [3.8, 4) is 5.75 Å². The summed E-state index contributed by atoms with van der Waals surface area (Å²) in [5, 5.41) is 8.94. The van der Waals surface area contributed by atoms with Gasteiger partial charge in [-0.25, -0.2) is 13.0 Å². The number of hydrogen-bond acceptors (Lipinski definition) is 4. The van der Waals surface area contributed by atoms with Crippen molar-refractivity contribution in [2.45, 2.75) is 0 Å². The normalized spacial score (nSPS) is 12.2. The number of hydrogen-bond donors (Lipinski definition) is 2. The van der Waals surface area contributed by atoms with Gasteiger partial charge in [0.25, 0.3) is 0 Å². The molecule has 0 amide bonds. The van der Waals surface area contributed by atoms with E-state index in [0.29, 0.717) is 6.07 Å². The first-order valence-corrected chi connectivity index (χ1v) is 8.17. The SMILES string of the molecule is CS(C)(=O)=NS(=O)(=O)Nc1ccc(F)c(O)c1F. The minimum absolute atomic E-state index is 0.672. The van der Waals surface area contributed by atoms with E-state index >= 15 is 0 Å². The van der Waals surface area contributed by atoms with E-state index in [0.717, 1.165) is 18.6 Å². The van der Waals surface area contributed by atoms with E-state index in [4.69, 9.17) is 5.11 Å². The number of benzene rings is 1. The van der Waals surface area contributed by atoms with E-state index < -0.39 is 43.0 Å². The monoisotopic (exact) mass is 300 g/mol. The molecule has 0 aliphatic rings. The van der Waals surface area contributed by atoms with E-state index in [1.807, 2.05) is 0 Å². The summed E-state index contributed by atoms with van der Waals surface area (Å²) < 4.78 is 64.6. The van der Waals surface area contributed by atoms with Crippen molar-refractivity contribution in [2.75, 3.05) is 17.2 Å². The molecule has 0 heterocycles. The Morgan fingerprint density at radius 1 is 1.22 bits per heavy atom. The van der Waals surface area contributed by atoms with Crippen LogP contribution in [-0.2, 0) is 19.9 Å². The van der Waals surface area contributed by atoms with Crippen LogP contribution in [0.2, 0.25) is 0 Å². The van der Waals surface area contributed by atoms with E-state index in [9.17, 15) is 21.4 Å². The third-order valence-corrected chi connectivity index (χ3v) is 4.28. The van der Waals surface area contributed by atoms with E-state index in [-0.39, 0.29) is 0 Å². The standard InChI is InChI=1S/C8H10F2N2O4S2/c1-17(2,14)12-18(15,16)11-6-4-3-5(9)8(13)7(6)10/h3-4,11,13H,1-2H3. The van der Waals surface area contributed by atoms with Gasteiger partial charge in [-0.3, -0.25) is 4.72 Å². The minimum atomic E-state index is -4.42. The Labute approximate surface area is 103 Å². The zero-order chi connectivity index (χ0) is 14.1. The Morgan fingerprint density at radius 3 is 2.28 bits per heavy atom. The van der Waals surface area contributed by atoms with E-state index in [2.05, 4.69) is 3.77 Å². The lowest BCUT2D eigenvalue weighted by Gasteiger charge is -2.07. The lowest BCUT2D eigenvalue weighted by molar-refractivity contribution is 0.397. The third-order valence-electron chi connectivity index (χ3n) is 1.58. The van der Waals surface area contributed by atoms with Crippen molar-refractivity contribution in [2.24, 2.45) is 3.77 Å². The summed E-state index contributed by atoms with van der Waals surface area (Å²) in [5.74, 6) is -4.03. The Balaban J connectivity index is 3.23. The molecule has 0 aliphatic carbocycles. The second-order valence-corrected chi connectivity index (χ2v) is 7.70. The first-order valence-electron chi connectivity index (χ1n) is 4.40. The van der Waals surface area contributed by atoms with Gasteiger partial charge in [0, 0.05) is 12.5 Å². The fraction of sp³-hybridized carbons (Fsp3) is 0.250. The zero-order valence-corrected chi connectivity index (χ0v) is 11.0. The maximum absolute atomic E-state index is 13.3. The van der Waals surface area contributed by atoms with Gasteiger partial charge in [0.2, 0.25) is 0 Å². The van der Waals surface area contributed by atoms with Crippen LogP contribution in [0.3, 0.4) is 0 Å². The number of rotatable bonds is 3. The van der Waals surface area contributed by atoms with Gasteiger partial charge in [0.1, 0.15) is 0 Å². The molecule has 1 rings (SSSR count). The van der Waals surface area contributed by atoms with Gasteiger partial charge in [0.05, 0.1) is 15.4 Å². The number of nitrogens with one attached hydrogen (secondary N) is 1. The second kappa shape index (κ2) is 4.69. The number of halogens is 2. The molecule has 1 aromatic carbocycles. The van der Waals surface area contributed by atoms with Crippen LogP contribution in [0.25, 0.3) is 0 Å². The van der Waals surface area contributed by atoms with Crippen molar-refractivity contribution < 1.29 is 26.5 Å². The molecule has 10 heteroatoms. The Bertz CT molecular complexity index is 685. The fourth-order valence-electron chi connectivity index (χ4n) is 1.01. The Morgan fingerprint density at radius 2 is 1.78 bits per heavy atom. The van der Waals surface area contributed by atoms with Crippen LogP contribution in [0.5, 0.6) is 5.75 Å². The summed E-state index contributed by atoms with van der Waals surface area (Å²) in [5.41, 5.74) is -0.693. The zero-order valence-electron chi connectivity index (χ0n) is 9.35. The van der Waals surface area contributed by atoms with Crippen LogP contribution < -0.4 is 4.72 Å². The van der Waals surface area contributed by atoms with E-state index in [1.165, 1.54) is 0 Å². The maximum atomic E-state index is 13.3. The van der Waals surface area contributed by atoms with Gasteiger partial charge >= 0.3 is 10.2 Å². The summed E-state index contributed by atoms with van der Waals surface area (Å²) in [4.78, 5) is 0. The smallest absolute Gasteiger partial charge is 0.350 e. The summed E-state index contributed by atoms with van der Waals surface area (Å²) in [6.45, 7) is 0. The first kappa shape index (κ1) is 14.6. The van der Waals surface area contributed by atoms with Crippen LogP contribution in [-0.4, -0.2) is 30.2 Å². The molecule has 6 nitrogen and oxygen atoms in total. The highest BCUT2D eigenvalue weighted by Gasteiger charge is 2.17. The number of anilines is 1. The van der Waals surface area contributed by atoms with Crippen LogP contribution in [0, 0.1) is 11.6 Å². The average Bonchev–Trinajstić information content (AvgIpc) is 2.15. The highest BCUT2D eigenvalue weighted by atomic mass is 32.3. The predicted octanol–water partition coefficient (Wildman–Crippen LogP) is 1.05. The molecule has 0 spiro atoms. The predicted molar refractivity (Wildman–Crippen MR) is 63.0 cm³/mol. The van der Waals surface area contributed by atoms with Gasteiger partial charge in [0.15, 0.2) is 17.4 Å². The molecular formula is C8H10F2N2O4S2. The lowest BCUT2D eigenvalue weighted by Crippen LogP contribution is -2.13. The summed E-state index contributed by atoms with van der Waals surface area (Å²) in [7, 11) is -7.39. The molecule has 0 radical (unpaired) electrons. The lowest BCUT2D eigenvalue weighted by atomic mass is 10.3. The van der Waals surface area contributed by atoms with Gasteiger partial charge in [-0.2, -0.15) is 8.42 Å². The summed E-state index contributed by atoms with van der Waals surface area (Å²) in [6.07, 6.45) is 2.15. The van der Waals surface area contributed by atoms with Crippen molar-refractivity contribution in [1.82, 2.24) is 0 Å². The van der Waals surface area contributed by atoms with Gasteiger partial charge in [-0.05, 0) is 12.1 Å². The molecule has 0 atom stereocenters. The summed E-state index contributed by atoms with van der Waals surface area (Å²) in [6, 6.07) is 1.44. The van der Waals surface area contributed by atoms with Gasteiger partial charge in [-0.1, -0.05) is 3.77 Å². The highest BCUT2D eigenvalue weighted by molar-refractivity contribution is 8.03. The fourth-order valence-corrected chi connectivity index (χ4v) is 3.49. The van der Waals surface area contributed by atoms with Crippen molar-refractivity contribution in [3.63, 3.8) is 0 Å². The number of aromatic hydroxyl groups is 1. The van der Waals surface area contributed by atoms with Crippen LogP contribution in [0.1, 0.15) is 0 Å².